The lowest BCUT2D eigenvalue weighted by atomic mass is 9.86. The molecule has 1 unspecified atom stereocenters. The summed E-state index contributed by atoms with van der Waals surface area (Å²) in [7, 11) is 0. The molecule has 0 aromatic carbocycles. The molecule has 0 rings (SSSR count). The quantitative estimate of drug-likeness (QED) is 0.664. The van der Waals surface area contributed by atoms with Crippen molar-refractivity contribution in [1.82, 2.24) is 5.32 Å². The third-order valence-electron chi connectivity index (χ3n) is 2.29. The number of hydrogen-bond acceptors (Lipinski definition) is 3. The van der Waals surface area contributed by atoms with E-state index in [0.29, 0.717) is 13.2 Å². The molecule has 0 radical (unpaired) electrons. The van der Waals surface area contributed by atoms with Gasteiger partial charge in [0.1, 0.15) is 0 Å². The Morgan fingerprint density at radius 1 is 1.00 bits per heavy atom. The smallest absolute Gasteiger partial charge is 0.173 e. The van der Waals surface area contributed by atoms with Gasteiger partial charge in [-0.2, -0.15) is 0 Å². The van der Waals surface area contributed by atoms with Crippen LogP contribution >= 0.6 is 0 Å². The molecule has 0 heterocycles. The monoisotopic (exact) mass is 217 g/mol. The van der Waals surface area contributed by atoms with Gasteiger partial charge in [0.15, 0.2) is 6.29 Å². The Morgan fingerprint density at radius 2 is 1.47 bits per heavy atom. The van der Waals surface area contributed by atoms with E-state index in [4.69, 9.17) is 9.47 Å². The van der Waals surface area contributed by atoms with Crippen LogP contribution in [0.15, 0.2) is 0 Å². The molecule has 0 aliphatic carbocycles. The molecule has 3 heteroatoms. The second kappa shape index (κ2) is 7.20. The molecule has 0 aliphatic rings. The van der Waals surface area contributed by atoms with E-state index in [1.807, 2.05) is 13.8 Å². The summed E-state index contributed by atoms with van der Waals surface area (Å²) in [5.74, 6) is 0. The van der Waals surface area contributed by atoms with Gasteiger partial charge in [-0.15, -0.1) is 0 Å². The highest BCUT2D eigenvalue weighted by Crippen LogP contribution is 2.24. The summed E-state index contributed by atoms with van der Waals surface area (Å²) in [6.45, 7) is 15.0. The summed E-state index contributed by atoms with van der Waals surface area (Å²) < 4.78 is 11.3. The van der Waals surface area contributed by atoms with Crippen LogP contribution in [0.3, 0.4) is 0 Å². The summed E-state index contributed by atoms with van der Waals surface area (Å²) in [5.41, 5.74) is 0.130. The van der Waals surface area contributed by atoms with Crippen molar-refractivity contribution in [2.75, 3.05) is 19.8 Å². The maximum absolute atomic E-state index is 5.64. The van der Waals surface area contributed by atoms with Crippen LogP contribution in [0.2, 0.25) is 0 Å². The predicted octanol–water partition coefficient (Wildman–Crippen LogP) is 2.41. The fourth-order valence-corrected chi connectivity index (χ4v) is 1.60. The summed E-state index contributed by atoms with van der Waals surface area (Å²) in [6.07, 6.45) is -0.153. The van der Waals surface area contributed by atoms with Gasteiger partial charge in [0, 0.05) is 13.2 Å². The van der Waals surface area contributed by atoms with E-state index in [-0.39, 0.29) is 17.7 Å². The Labute approximate surface area is 94.5 Å². The van der Waals surface area contributed by atoms with Gasteiger partial charge >= 0.3 is 0 Å². The van der Waals surface area contributed by atoms with Crippen molar-refractivity contribution >= 4 is 0 Å². The van der Waals surface area contributed by atoms with Crippen molar-refractivity contribution in [2.24, 2.45) is 5.41 Å². The first-order valence-electron chi connectivity index (χ1n) is 5.93. The highest BCUT2D eigenvalue weighted by atomic mass is 16.7. The molecule has 92 valence electrons. The predicted molar refractivity (Wildman–Crippen MR) is 64.0 cm³/mol. The van der Waals surface area contributed by atoms with Crippen LogP contribution in [-0.2, 0) is 9.47 Å². The van der Waals surface area contributed by atoms with Crippen molar-refractivity contribution in [1.29, 1.82) is 0 Å². The van der Waals surface area contributed by atoms with Crippen LogP contribution in [-0.4, -0.2) is 32.1 Å². The first-order chi connectivity index (χ1) is 6.97. The van der Waals surface area contributed by atoms with Crippen molar-refractivity contribution in [3.05, 3.63) is 0 Å². The minimum Gasteiger partial charge on any atom is -0.351 e. The molecular formula is C12H27NO2. The minimum atomic E-state index is -0.153. The molecule has 0 fully saturated rings. The second-order valence-electron chi connectivity index (χ2n) is 4.68. The van der Waals surface area contributed by atoms with Gasteiger partial charge < -0.3 is 14.8 Å². The molecule has 0 amide bonds. The molecule has 0 bridgehead atoms. The highest BCUT2D eigenvalue weighted by Gasteiger charge is 2.32. The number of ether oxygens (including phenoxy) is 2. The standard InChI is InChI=1S/C12H27NO2/c1-7-13-10(12(4,5)6)11(14-8-2)15-9-3/h10-11,13H,7-9H2,1-6H3. The van der Waals surface area contributed by atoms with Crippen LogP contribution in [0, 0.1) is 5.41 Å². The van der Waals surface area contributed by atoms with E-state index in [2.05, 4.69) is 33.0 Å². The van der Waals surface area contributed by atoms with Gasteiger partial charge in [-0.05, 0) is 25.8 Å². The van der Waals surface area contributed by atoms with E-state index >= 15 is 0 Å². The molecule has 3 nitrogen and oxygen atoms in total. The van der Waals surface area contributed by atoms with Crippen LogP contribution < -0.4 is 5.32 Å². The third-order valence-corrected chi connectivity index (χ3v) is 2.29. The van der Waals surface area contributed by atoms with Crippen LogP contribution in [0.25, 0.3) is 0 Å². The summed E-state index contributed by atoms with van der Waals surface area (Å²) in [5, 5.41) is 3.44. The average molecular weight is 217 g/mol. The average Bonchev–Trinajstić information content (AvgIpc) is 2.12. The molecule has 1 atom stereocenters. The van der Waals surface area contributed by atoms with E-state index in [1.54, 1.807) is 0 Å². The normalized spacial score (nSPS) is 14.6. The van der Waals surface area contributed by atoms with E-state index < -0.39 is 0 Å². The molecule has 0 aromatic heterocycles. The molecule has 0 aromatic rings. The molecule has 0 aliphatic heterocycles. The zero-order chi connectivity index (χ0) is 11.9. The van der Waals surface area contributed by atoms with Crippen molar-refractivity contribution in [3.8, 4) is 0 Å². The lowest BCUT2D eigenvalue weighted by Crippen LogP contribution is -2.51. The van der Waals surface area contributed by atoms with Crippen molar-refractivity contribution < 1.29 is 9.47 Å². The minimum absolute atomic E-state index is 0.130. The van der Waals surface area contributed by atoms with Crippen LogP contribution in [0.5, 0.6) is 0 Å². The van der Waals surface area contributed by atoms with Gasteiger partial charge in [-0.3, -0.25) is 0 Å². The van der Waals surface area contributed by atoms with E-state index in [0.717, 1.165) is 6.54 Å². The largest absolute Gasteiger partial charge is 0.351 e. The van der Waals surface area contributed by atoms with Gasteiger partial charge in [0.25, 0.3) is 0 Å². The maximum atomic E-state index is 5.64. The second-order valence-corrected chi connectivity index (χ2v) is 4.68. The molecule has 1 N–H and O–H groups in total. The Kier molecular flexibility index (Phi) is 7.14. The third kappa shape index (κ3) is 5.50. The zero-order valence-electron chi connectivity index (χ0n) is 11.1. The summed E-state index contributed by atoms with van der Waals surface area (Å²) >= 11 is 0. The number of likely N-dealkylation sites (N-methyl/N-ethyl adjacent to an activating group) is 1. The fraction of sp³-hybridized carbons (Fsp3) is 1.00. The Hall–Kier alpha value is -0.120. The molecule has 0 spiro atoms. The van der Waals surface area contributed by atoms with E-state index in [9.17, 15) is 0 Å². The maximum Gasteiger partial charge on any atom is 0.173 e. The Morgan fingerprint density at radius 3 is 1.73 bits per heavy atom. The number of nitrogens with one attached hydrogen (secondary N) is 1. The SMILES string of the molecule is CCNC(C(OCC)OCC)C(C)(C)C. The highest BCUT2D eigenvalue weighted by molar-refractivity contribution is 4.83. The first-order valence-corrected chi connectivity index (χ1v) is 5.93. The fourth-order valence-electron chi connectivity index (χ4n) is 1.60. The first kappa shape index (κ1) is 14.9. The van der Waals surface area contributed by atoms with Gasteiger partial charge in [0.05, 0.1) is 6.04 Å². The lowest BCUT2D eigenvalue weighted by Gasteiger charge is -2.36. The van der Waals surface area contributed by atoms with Crippen molar-refractivity contribution in [2.45, 2.75) is 53.9 Å². The molecule has 0 saturated carbocycles. The zero-order valence-corrected chi connectivity index (χ0v) is 11.1. The topological polar surface area (TPSA) is 30.5 Å². The van der Waals surface area contributed by atoms with Gasteiger partial charge in [-0.25, -0.2) is 0 Å². The van der Waals surface area contributed by atoms with Gasteiger partial charge in [0.2, 0.25) is 0 Å². The van der Waals surface area contributed by atoms with Crippen LogP contribution in [0.4, 0.5) is 0 Å². The molecule has 0 saturated heterocycles. The summed E-state index contributed by atoms with van der Waals surface area (Å²) in [4.78, 5) is 0. The number of rotatable bonds is 7. The summed E-state index contributed by atoms with van der Waals surface area (Å²) in [6, 6.07) is 0.224. The van der Waals surface area contributed by atoms with Crippen LogP contribution in [0.1, 0.15) is 41.5 Å². The van der Waals surface area contributed by atoms with Gasteiger partial charge in [-0.1, -0.05) is 27.7 Å². The Bertz CT molecular complexity index is 148. The molecule has 15 heavy (non-hydrogen) atoms. The Balaban J connectivity index is 4.51. The molecular weight excluding hydrogens is 190 g/mol. The lowest BCUT2D eigenvalue weighted by molar-refractivity contribution is -0.169. The van der Waals surface area contributed by atoms with E-state index in [1.165, 1.54) is 0 Å². The number of hydrogen-bond donors (Lipinski definition) is 1. The van der Waals surface area contributed by atoms with Crippen molar-refractivity contribution in [3.63, 3.8) is 0 Å².